The Morgan fingerprint density at radius 3 is 2.13 bits per heavy atom. The van der Waals surface area contributed by atoms with E-state index in [4.69, 9.17) is 25.4 Å². The van der Waals surface area contributed by atoms with Gasteiger partial charge in [-0.2, -0.15) is 0 Å². The van der Waals surface area contributed by atoms with Crippen molar-refractivity contribution in [3.05, 3.63) is 47.5 Å². The van der Waals surface area contributed by atoms with Gasteiger partial charge in [-0.1, -0.05) is 6.07 Å². The normalized spacial score (nSPS) is 10.2. The number of benzene rings is 2. The molecule has 2 aromatic rings. The fourth-order valence-corrected chi connectivity index (χ4v) is 2.75. The SMILES string of the molecule is C#CC(=O)Nc1cc(CC(=O)/C=C/c2c(OC)cc(OC)cc2OC)ccc1OC. The van der Waals surface area contributed by atoms with Crippen LogP contribution >= 0.6 is 0 Å². The Balaban J connectivity index is 2.24. The van der Waals surface area contributed by atoms with E-state index in [2.05, 4.69) is 5.32 Å². The number of carbonyl (C=O) groups is 2. The van der Waals surface area contributed by atoms with Crippen molar-refractivity contribution in [3.63, 3.8) is 0 Å². The summed E-state index contributed by atoms with van der Waals surface area (Å²) in [5, 5.41) is 2.55. The first-order chi connectivity index (χ1) is 14.4. The van der Waals surface area contributed by atoms with Gasteiger partial charge in [0.1, 0.15) is 23.0 Å². The Kier molecular flexibility index (Phi) is 7.89. The first-order valence-electron chi connectivity index (χ1n) is 8.91. The van der Waals surface area contributed by atoms with Gasteiger partial charge in [-0.05, 0) is 35.8 Å². The smallest absolute Gasteiger partial charge is 0.300 e. The van der Waals surface area contributed by atoms with Crippen molar-refractivity contribution < 1.29 is 28.5 Å². The average Bonchev–Trinajstić information content (AvgIpc) is 2.77. The largest absolute Gasteiger partial charge is 0.496 e. The maximum absolute atomic E-state index is 12.5. The molecular weight excluding hydrogens is 386 g/mol. The number of nitrogens with one attached hydrogen (secondary N) is 1. The first-order valence-corrected chi connectivity index (χ1v) is 8.91. The molecule has 0 saturated carbocycles. The molecule has 0 fully saturated rings. The minimum atomic E-state index is -0.602. The maximum atomic E-state index is 12.5. The lowest BCUT2D eigenvalue weighted by molar-refractivity contribution is -0.114. The third-order valence-electron chi connectivity index (χ3n) is 4.21. The Morgan fingerprint density at radius 2 is 1.60 bits per heavy atom. The highest BCUT2D eigenvalue weighted by molar-refractivity contribution is 6.04. The molecule has 7 heteroatoms. The summed E-state index contributed by atoms with van der Waals surface area (Å²) in [6.07, 6.45) is 8.28. The average molecular weight is 409 g/mol. The maximum Gasteiger partial charge on any atom is 0.300 e. The van der Waals surface area contributed by atoms with Gasteiger partial charge in [0.2, 0.25) is 0 Å². The van der Waals surface area contributed by atoms with Crippen LogP contribution in [0.2, 0.25) is 0 Å². The molecule has 0 aromatic heterocycles. The van der Waals surface area contributed by atoms with Crippen LogP contribution in [-0.2, 0) is 16.0 Å². The molecule has 2 aromatic carbocycles. The number of ketones is 1. The molecule has 0 atom stereocenters. The molecule has 0 saturated heterocycles. The third-order valence-corrected chi connectivity index (χ3v) is 4.21. The highest BCUT2D eigenvalue weighted by Crippen LogP contribution is 2.35. The van der Waals surface area contributed by atoms with Crippen molar-refractivity contribution in [2.45, 2.75) is 6.42 Å². The lowest BCUT2D eigenvalue weighted by Gasteiger charge is -2.12. The molecule has 0 radical (unpaired) electrons. The van der Waals surface area contributed by atoms with Crippen molar-refractivity contribution in [1.29, 1.82) is 0 Å². The molecule has 1 N–H and O–H groups in total. The van der Waals surface area contributed by atoms with Gasteiger partial charge in [-0.25, -0.2) is 0 Å². The Labute approximate surface area is 175 Å². The number of allylic oxidation sites excluding steroid dienone is 1. The zero-order valence-corrected chi connectivity index (χ0v) is 17.3. The predicted octanol–water partition coefficient (Wildman–Crippen LogP) is 3.12. The van der Waals surface area contributed by atoms with Gasteiger partial charge in [-0.3, -0.25) is 9.59 Å². The van der Waals surface area contributed by atoms with Gasteiger partial charge in [0.15, 0.2) is 5.78 Å². The topological polar surface area (TPSA) is 83.1 Å². The predicted molar refractivity (Wildman–Crippen MR) is 114 cm³/mol. The van der Waals surface area contributed by atoms with Crippen molar-refractivity contribution in [2.24, 2.45) is 0 Å². The van der Waals surface area contributed by atoms with Crippen molar-refractivity contribution in [3.8, 4) is 35.3 Å². The Bertz CT molecular complexity index is 978. The van der Waals surface area contributed by atoms with Crippen LogP contribution in [0, 0.1) is 12.3 Å². The molecule has 2 rings (SSSR count). The van der Waals surface area contributed by atoms with Gasteiger partial charge in [0.05, 0.1) is 39.7 Å². The molecule has 156 valence electrons. The molecule has 0 aliphatic carbocycles. The van der Waals surface area contributed by atoms with E-state index in [1.807, 2.05) is 5.92 Å². The lowest BCUT2D eigenvalue weighted by Crippen LogP contribution is -2.10. The van der Waals surface area contributed by atoms with E-state index >= 15 is 0 Å². The van der Waals surface area contributed by atoms with E-state index in [1.165, 1.54) is 27.4 Å². The number of hydrogen-bond acceptors (Lipinski definition) is 6. The second kappa shape index (κ2) is 10.6. The standard InChI is InChI=1S/C23H23NO6/c1-6-23(26)24-19-12-15(7-10-20(19)28-3)11-16(25)8-9-18-21(29-4)13-17(27-2)14-22(18)30-5/h1,7-10,12-14H,11H2,2-5H3,(H,24,26)/b9-8+. The number of amides is 1. The van der Waals surface area contributed by atoms with Crippen LogP contribution in [0.1, 0.15) is 11.1 Å². The Morgan fingerprint density at radius 1 is 0.967 bits per heavy atom. The van der Waals surface area contributed by atoms with Crippen LogP contribution in [0.3, 0.4) is 0 Å². The van der Waals surface area contributed by atoms with Crippen LogP contribution in [-0.4, -0.2) is 40.1 Å². The monoisotopic (exact) mass is 409 g/mol. The summed E-state index contributed by atoms with van der Waals surface area (Å²) in [5.41, 5.74) is 1.70. The number of methoxy groups -OCH3 is 4. The summed E-state index contributed by atoms with van der Waals surface area (Å²) >= 11 is 0. The van der Waals surface area contributed by atoms with Crippen molar-refractivity contribution >= 4 is 23.5 Å². The molecule has 0 aliphatic rings. The Hall–Kier alpha value is -3.92. The van der Waals surface area contributed by atoms with Crippen LogP contribution in [0.25, 0.3) is 6.08 Å². The van der Waals surface area contributed by atoms with E-state index in [0.29, 0.717) is 39.8 Å². The van der Waals surface area contributed by atoms with E-state index < -0.39 is 5.91 Å². The van der Waals surface area contributed by atoms with Gasteiger partial charge < -0.3 is 24.3 Å². The number of ether oxygens (including phenoxy) is 4. The van der Waals surface area contributed by atoms with Crippen LogP contribution in [0.5, 0.6) is 23.0 Å². The molecule has 0 aliphatic heterocycles. The van der Waals surface area contributed by atoms with Crippen LogP contribution < -0.4 is 24.3 Å². The molecule has 1 amide bonds. The summed E-state index contributed by atoms with van der Waals surface area (Å²) in [7, 11) is 6.07. The fraction of sp³-hybridized carbons (Fsp3) is 0.217. The van der Waals surface area contributed by atoms with E-state index in [9.17, 15) is 9.59 Å². The molecule has 30 heavy (non-hydrogen) atoms. The van der Waals surface area contributed by atoms with Crippen molar-refractivity contribution in [2.75, 3.05) is 33.8 Å². The van der Waals surface area contributed by atoms with Crippen molar-refractivity contribution in [1.82, 2.24) is 0 Å². The van der Waals surface area contributed by atoms with Crippen LogP contribution in [0.4, 0.5) is 5.69 Å². The molecule has 7 nitrogen and oxygen atoms in total. The summed E-state index contributed by atoms with van der Waals surface area (Å²) < 4.78 is 21.2. The molecule has 0 unspecified atom stereocenters. The number of rotatable bonds is 9. The van der Waals surface area contributed by atoms with E-state index in [1.54, 1.807) is 43.5 Å². The van der Waals surface area contributed by atoms with Gasteiger partial charge in [-0.15, -0.1) is 6.42 Å². The number of hydrogen-bond donors (Lipinski definition) is 1. The number of anilines is 1. The van der Waals surface area contributed by atoms with Gasteiger partial charge in [0.25, 0.3) is 5.91 Å². The van der Waals surface area contributed by atoms with Crippen LogP contribution in [0.15, 0.2) is 36.4 Å². The zero-order chi connectivity index (χ0) is 22.1. The third kappa shape index (κ3) is 5.55. The number of terminal acetylenes is 1. The summed E-state index contributed by atoms with van der Waals surface area (Å²) in [4.78, 5) is 24.0. The minimum absolute atomic E-state index is 0.111. The van der Waals surface area contributed by atoms with E-state index in [0.717, 1.165) is 0 Å². The summed E-state index contributed by atoms with van der Waals surface area (Å²) in [6, 6.07) is 8.46. The lowest BCUT2D eigenvalue weighted by atomic mass is 10.1. The minimum Gasteiger partial charge on any atom is -0.496 e. The second-order valence-corrected chi connectivity index (χ2v) is 6.06. The van der Waals surface area contributed by atoms with Gasteiger partial charge in [0, 0.05) is 18.6 Å². The highest BCUT2D eigenvalue weighted by atomic mass is 16.5. The molecular formula is C23H23NO6. The van der Waals surface area contributed by atoms with E-state index in [-0.39, 0.29) is 12.2 Å². The quantitative estimate of drug-likeness (QED) is 0.506. The van der Waals surface area contributed by atoms with Gasteiger partial charge >= 0.3 is 0 Å². The summed E-state index contributed by atoms with van der Waals surface area (Å²) in [6.45, 7) is 0. The molecule has 0 heterocycles. The number of carbonyl (C=O) groups excluding carboxylic acids is 2. The highest BCUT2D eigenvalue weighted by Gasteiger charge is 2.12. The fourth-order valence-electron chi connectivity index (χ4n) is 2.75. The molecule has 0 bridgehead atoms. The summed E-state index contributed by atoms with van der Waals surface area (Å²) in [5.74, 6) is 3.26. The first kappa shape index (κ1) is 22.4. The zero-order valence-electron chi connectivity index (χ0n) is 17.3. The second-order valence-electron chi connectivity index (χ2n) is 6.06. The molecule has 0 spiro atoms.